The lowest BCUT2D eigenvalue weighted by Gasteiger charge is -2.13. The second-order valence-electron chi connectivity index (χ2n) is 4.60. The highest BCUT2D eigenvalue weighted by Crippen LogP contribution is 2.31. The first-order valence-electron chi connectivity index (χ1n) is 6.20. The Morgan fingerprint density at radius 1 is 1.00 bits per heavy atom. The Labute approximate surface area is 146 Å². The number of halogens is 1. The molecule has 2 aromatic rings. The summed E-state index contributed by atoms with van der Waals surface area (Å²) in [5, 5.41) is 27.6. The van der Waals surface area contributed by atoms with Crippen molar-refractivity contribution in [2.75, 3.05) is 5.73 Å². The standard InChI is InChI=1S/C14H9IN2O7/c15-6-3-4(1-2-5(6)12(19)20)7-8(13(21)22)10(16)17-11(18)9(7)14(23)24/h1-3H,(H,19,20)(H,21,22)(H,23,24)(H3,16,17,18). The second kappa shape index (κ2) is 6.31. The van der Waals surface area contributed by atoms with Gasteiger partial charge in [-0.15, -0.1) is 0 Å². The van der Waals surface area contributed by atoms with Crippen molar-refractivity contribution in [2.45, 2.75) is 0 Å². The van der Waals surface area contributed by atoms with Crippen LogP contribution < -0.4 is 11.3 Å². The summed E-state index contributed by atoms with van der Waals surface area (Å²) in [5.41, 5.74) is 2.71. The summed E-state index contributed by atoms with van der Waals surface area (Å²) in [6.07, 6.45) is 0. The minimum atomic E-state index is -1.63. The van der Waals surface area contributed by atoms with Crippen LogP contribution in [0.3, 0.4) is 0 Å². The zero-order valence-corrected chi connectivity index (χ0v) is 13.8. The lowest BCUT2D eigenvalue weighted by atomic mass is 9.95. The van der Waals surface area contributed by atoms with Crippen LogP contribution in [-0.4, -0.2) is 38.2 Å². The van der Waals surface area contributed by atoms with Gasteiger partial charge in [0.25, 0.3) is 5.56 Å². The molecule has 9 nitrogen and oxygen atoms in total. The predicted octanol–water partition coefficient (Wildman–Crippen LogP) is 1.32. The maximum absolute atomic E-state index is 11.9. The molecule has 1 aromatic heterocycles. The molecule has 0 saturated heterocycles. The van der Waals surface area contributed by atoms with E-state index >= 15 is 0 Å². The number of anilines is 1. The van der Waals surface area contributed by atoms with E-state index in [1.807, 2.05) is 4.98 Å². The highest BCUT2D eigenvalue weighted by Gasteiger charge is 2.27. The lowest BCUT2D eigenvalue weighted by Crippen LogP contribution is -2.24. The van der Waals surface area contributed by atoms with E-state index < -0.39 is 40.4 Å². The number of carboxylic acids is 3. The first kappa shape index (κ1) is 17.5. The third-order valence-electron chi connectivity index (χ3n) is 3.16. The van der Waals surface area contributed by atoms with Crippen molar-refractivity contribution in [3.05, 3.63) is 48.8 Å². The molecule has 1 aromatic carbocycles. The Morgan fingerprint density at radius 3 is 2.04 bits per heavy atom. The number of aromatic amines is 1. The van der Waals surface area contributed by atoms with Gasteiger partial charge in [-0.2, -0.15) is 0 Å². The van der Waals surface area contributed by atoms with Gasteiger partial charge in [0.05, 0.1) is 5.56 Å². The molecule has 1 heterocycles. The molecule has 0 fully saturated rings. The average Bonchev–Trinajstić information content (AvgIpc) is 2.44. The van der Waals surface area contributed by atoms with Gasteiger partial charge in [-0.1, -0.05) is 6.07 Å². The van der Waals surface area contributed by atoms with E-state index in [2.05, 4.69) is 0 Å². The molecule has 0 amide bonds. The SMILES string of the molecule is Nc1[nH]c(=O)c(C(=O)O)c(-c2ccc(C(=O)O)c(I)c2)c1C(=O)O. The number of benzene rings is 1. The fourth-order valence-electron chi connectivity index (χ4n) is 2.18. The van der Waals surface area contributed by atoms with Gasteiger partial charge in [0.1, 0.15) is 16.9 Å². The molecule has 0 aliphatic carbocycles. The number of rotatable bonds is 4. The molecule has 124 valence electrons. The van der Waals surface area contributed by atoms with Crippen molar-refractivity contribution in [3.8, 4) is 11.1 Å². The number of nitrogens with two attached hydrogens (primary N) is 1. The number of carboxylic acid groups (broad SMARTS) is 3. The van der Waals surface area contributed by atoms with Gasteiger partial charge < -0.3 is 26.0 Å². The van der Waals surface area contributed by atoms with Gasteiger partial charge in [0.2, 0.25) is 0 Å². The first-order valence-corrected chi connectivity index (χ1v) is 7.28. The molecule has 0 saturated carbocycles. The van der Waals surface area contributed by atoms with Gasteiger partial charge in [0, 0.05) is 9.13 Å². The fraction of sp³-hybridized carbons (Fsp3) is 0. The average molecular weight is 444 g/mol. The summed E-state index contributed by atoms with van der Waals surface area (Å²) < 4.78 is 0.240. The Morgan fingerprint density at radius 2 is 1.58 bits per heavy atom. The molecule has 0 atom stereocenters. The van der Waals surface area contributed by atoms with Gasteiger partial charge in [-0.05, 0) is 40.3 Å². The molecule has 10 heteroatoms. The number of carbonyl (C=O) groups is 3. The number of H-pyrrole nitrogens is 1. The number of hydrogen-bond acceptors (Lipinski definition) is 5. The lowest BCUT2D eigenvalue weighted by molar-refractivity contribution is 0.0681. The minimum absolute atomic E-state index is 0.0501. The van der Waals surface area contributed by atoms with E-state index in [1.165, 1.54) is 18.2 Å². The van der Waals surface area contributed by atoms with Gasteiger partial charge in [-0.25, -0.2) is 14.4 Å². The minimum Gasteiger partial charge on any atom is -0.478 e. The molecule has 24 heavy (non-hydrogen) atoms. The number of nitrogen functional groups attached to an aromatic ring is 1. The van der Waals surface area contributed by atoms with E-state index in [1.54, 1.807) is 22.6 Å². The Kier molecular flexibility index (Phi) is 4.59. The molecular weight excluding hydrogens is 435 g/mol. The van der Waals surface area contributed by atoms with Crippen molar-refractivity contribution in [3.63, 3.8) is 0 Å². The van der Waals surface area contributed by atoms with Crippen LogP contribution in [-0.2, 0) is 0 Å². The molecule has 0 aliphatic heterocycles. The van der Waals surface area contributed by atoms with Crippen LogP contribution in [0, 0.1) is 3.57 Å². The summed E-state index contributed by atoms with van der Waals surface area (Å²) in [6, 6.07) is 3.68. The first-order chi connectivity index (χ1) is 11.1. The second-order valence-corrected chi connectivity index (χ2v) is 5.77. The summed E-state index contributed by atoms with van der Waals surface area (Å²) in [6.45, 7) is 0. The van der Waals surface area contributed by atoms with E-state index in [0.717, 1.165) is 0 Å². The Bertz CT molecular complexity index is 949. The van der Waals surface area contributed by atoms with E-state index in [-0.39, 0.29) is 20.3 Å². The monoisotopic (exact) mass is 444 g/mol. The molecule has 0 aliphatic rings. The molecule has 0 spiro atoms. The van der Waals surface area contributed by atoms with Crippen LogP contribution in [0.4, 0.5) is 5.82 Å². The van der Waals surface area contributed by atoms with Crippen LogP contribution in [0.1, 0.15) is 31.1 Å². The van der Waals surface area contributed by atoms with Crippen LogP contribution >= 0.6 is 22.6 Å². The maximum atomic E-state index is 11.9. The largest absolute Gasteiger partial charge is 0.478 e. The Balaban J connectivity index is 2.94. The number of hydrogen-bond donors (Lipinski definition) is 5. The molecule has 6 N–H and O–H groups in total. The quantitative estimate of drug-likeness (QED) is 0.440. The van der Waals surface area contributed by atoms with Crippen LogP contribution in [0.5, 0.6) is 0 Å². The van der Waals surface area contributed by atoms with Crippen molar-refractivity contribution >= 4 is 46.3 Å². The van der Waals surface area contributed by atoms with Crippen molar-refractivity contribution in [1.29, 1.82) is 0 Å². The van der Waals surface area contributed by atoms with Crippen molar-refractivity contribution in [1.82, 2.24) is 4.98 Å². The molecular formula is C14H9IN2O7. The van der Waals surface area contributed by atoms with Crippen molar-refractivity contribution in [2.24, 2.45) is 0 Å². The predicted molar refractivity (Wildman–Crippen MR) is 90.5 cm³/mol. The summed E-state index contributed by atoms with van der Waals surface area (Å²) >= 11 is 1.71. The summed E-state index contributed by atoms with van der Waals surface area (Å²) in [7, 11) is 0. The summed E-state index contributed by atoms with van der Waals surface area (Å²) in [5.74, 6) is -4.86. The summed E-state index contributed by atoms with van der Waals surface area (Å²) in [4.78, 5) is 47.8. The zero-order valence-electron chi connectivity index (χ0n) is 11.7. The zero-order chi connectivity index (χ0) is 18.2. The highest BCUT2D eigenvalue weighted by atomic mass is 127. The number of aromatic nitrogens is 1. The topological polar surface area (TPSA) is 171 Å². The molecule has 0 bridgehead atoms. The van der Waals surface area contributed by atoms with Crippen LogP contribution in [0.2, 0.25) is 0 Å². The van der Waals surface area contributed by atoms with Gasteiger partial charge in [0.15, 0.2) is 0 Å². The fourth-order valence-corrected chi connectivity index (χ4v) is 2.93. The number of nitrogens with one attached hydrogen (secondary N) is 1. The van der Waals surface area contributed by atoms with Crippen LogP contribution in [0.15, 0.2) is 23.0 Å². The molecule has 0 radical (unpaired) electrons. The smallest absolute Gasteiger partial charge is 0.342 e. The Hall–Kier alpha value is -2.89. The highest BCUT2D eigenvalue weighted by molar-refractivity contribution is 14.1. The maximum Gasteiger partial charge on any atom is 0.342 e. The molecule has 2 rings (SSSR count). The normalized spacial score (nSPS) is 10.4. The van der Waals surface area contributed by atoms with E-state index in [9.17, 15) is 29.4 Å². The van der Waals surface area contributed by atoms with Gasteiger partial charge >= 0.3 is 17.9 Å². The van der Waals surface area contributed by atoms with Gasteiger partial charge in [-0.3, -0.25) is 4.79 Å². The number of aromatic carboxylic acids is 3. The van der Waals surface area contributed by atoms with Crippen LogP contribution in [0.25, 0.3) is 11.1 Å². The third kappa shape index (κ3) is 2.95. The third-order valence-corrected chi connectivity index (χ3v) is 4.05. The molecule has 0 unspecified atom stereocenters. The van der Waals surface area contributed by atoms with E-state index in [4.69, 9.17) is 10.8 Å². The van der Waals surface area contributed by atoms with E-state index in [0.29, 0.717) is 0 Å². The number of pyridine rings is 1. The van der Waals surface area contributed by atoms with Crippen molar-refractivity contribution < 1.29 is 29.7 Å².